The SMILES string of the molecule is Cc1cc(Nc2ccc(C#N)cc2Cl)ncn1. The summed E-state index contributed by atoms with van der Waals surface area (Å²) in [6, 6.07) is 8.90. The van der Waals surface area contributed by atoms with Crippen LogP contribution in [0.3, 0.4) is 0 Å². The Morgan fingerprint density at radius 2 is 2.12 bits per heavy atom. The molecule has 0 aliphatic heterocycles. The molecule has 1 aromatic heterocycles. The Hall–Kier alpha value is -2.12. The second kappa shape index (κ2) is 4.81. The largest absolute Gasteiger partial charge is 0.339 e. The number of aryl methyl sites for hydroxylation is 1. The Morgan fingerprint density at radius 1 is 1.29 bits per heavy atom. The molecule has 0 aliphatic rings. The molecule has 5 heteroatoms. The summed E-state index contributed by atoms with van der Waals surface area (Å²) in [4.78, 5) is 8.08. The van der Waals surface area contributed by atoms with Crippen LogP contribution in [-0.2, 0) is 0 Å². The number of hydrogen-bond donors (Lipinski definition) is 1. The first-order chi connectivity index (χ1) is 8.19. The quantitative estimate of drug-likeness (QED) is 0.882. The smallest absolute Gasteiger partial charge is 0.134 e. The Labute approximate surface area is 104 Å². The van der Waals surface area contributed by atoms with Gasteiger partial charge >= 0.3 is 0 Å². The van der Waals surface area contributed by atoms with Gasteiger partial charge in [-0.2, -0.15) is 5.26 Å². The van der Waals surface area contributed by atoms with Crippen LogP contribution in [0.4, 0.5) is 11.5 Å². The molecule has 0 spiro atoms. The van der Waals surface area contributed by atoms with Gasteiger partial charge in [-0.25, -0.2) is 9.97 Å². The predicted octanol–water partition coefficient (Wildman–Crippen LogP) is 3.05. The molecule has 0 radical (unpaired) electrons. The van der Waals surface area contributed by atoms with Crippen molar-refractivity contribution in [3.63, 3.8) is 0 Å². The Balaban J connectivity index is 2.28. The van der Waals surface area contributed by atoms with Crippen LogP contribution in [0.2, 0.25) is 5.02 Å². The number of rotatable bonds is 2. The van der Waals surface area contributed by atoms with Crippen molar-refractivity contribution in [2.45, 2.75) is 6.92 Å². The van der Waals surface area contributed by atoms with Crippen molar-refractivity contribution < 1.29 is 0 Å². The minimum Gasteiger partial charge on any atom is -0.339 e. The second-order valence-corrected chi connectivity index (χ2v) is 3.88. The van der Waals surface area contributed by atoms with Crippen LogP contribution in [0.1, 0.15) is 11.3 Å². The molecule has 0 bridgehead atoms. The summed E-state index contributed by atoms with van der Waals surface area (Å²) in [7, 11) is 0. The zero-order chi connectivity index (χ0) is 12.3. The molecule has 17 heavy (non-hydrogen) atoms. The maximum absolute atomic E-state index is 8.73. The molecule has 0 fully saturated rings. The van der Waals surface area contributed by atoms with Crippen molar-refractivity contribution in [3.05, 3.63) is 46.9 Å². The van der Waals surface area contributed by atoms with Crippen molar-refractivity contribution >= 4 is 23.1 Å². The Kier molecular flexibility index (Phi) is 3.22. The number of nitrogens with zero attached hydrogens (tertiary/aromatic N) is 3. The summed E-state index contributed by atoms with van der Waals surface area (Å²) in [5.74, 6) is 0.670. The highest BCUT2D eigenvalue weighted by Gasteiger charge is 2.03. The third-order valence-corrected chi connectivity index (χ3v) is 2.48. The van der Waals surface area contributed by atoms with Crippen LogP contribution in [0.15, 0.2) is 30.6 Å². The average Bonchev–Trinajstić information content (AvgIpc) is 2.32. The highest BCUT2D eigenvalue weighted by molar-refractivity contribution is 6.33. The minimum absolute atomic E-state index is 0.486. The van der Waals surface area contributed by atoms with Gasteiger partial charge in [-0.05, 0) is 25.1 Å². The predicted molar refractivity (Wildman–Crippen MR) is 66.2 cm³/mol. The van der Waals surface area contributed by atoms with Crippen LogP contribution < -0.4 is 5.32 Å². The van der Waals surface area contributed by atoms with Crippen LogP contribution >= 0.6 is 11.6 Å². The van der Waals surface area contributed by atoms with Gasteiger partial charge in [0.25, 0.3) is 0 Å². The summed E-state index contributed by atoms with van der Waals surface area (Å²) in [6.07, 6.45) is 1.48. The molecule has 4 nitrogen and oxygen atoms in total. The number of aromatic nitrogens is 2. The van der Waals surface area contributed by atoms with Crippen LogP contribution in [-0.4, -0.2) is 9.97 Å². The zero-order valence-electron chi connectivity index (χ0n) is 9.11. The van der Waals surface area contributed by atoms with Crippen LogP contribution in [0.25, 0.3) is 0 Å². The van der Waals surface area contributed by atoms with E-state index < -0.39 is 0 Å². The maximum Gasteiger partial charge on any atom is 0.134 e. The molecule has 1 heterocycles. The van der Waals surface area contributed by atoms with E-state index in [1.54, 1.807) is 18.2 Å². The Bertz CT molecular complexity index is 589. The summed E-state index contributed by atoms with van der Waals surface area (Å²) in [6.45, 7) is 1.88. The second-order valence-electron chi connectivity index (χ2n) is 3.48. The standard InChI is InChI=1S/C12H9ClN4/c1-8-4-12(16-7-15-8)17-11-3-2-9(6-14)5-10(11)13/h2-5,7H,1H3,(H,15,16,17). The molecule has 0 aliphatic carbocycles. The summed E-state index contributed by atoms with van der Waals surface area (Å²) >= 11 is 6.04. The van der Waals surface area contributed by atoms with Crippen LogP contribution in [0, 0.1) is 18.3 Å². The molecular formula is C12H9ClN4. The fraction of sp³-hybridized carbons (Fsp3) is 0.0833. The fourth-order valence-corrected chi connectivity index (χ4v) is 1.57. The lowest BCUT2D eigenvalue weighted by molar-refractivity contribution is 1.10. The van der Waals surface area contributed by atoms with Gasteiger partial charge in [0.05, 0.1) is 22.3 Å². The number of halogens is 1. The van der Waals surface area contributed by atoms with E-state index in [4.69, 9.17) is 16.9 Å². The number of anilines is 2. The minimum atomic E-state index is 0.486. The number of nitriles is 1. The first-order valence-electron chi connectivity index (χ1n) is 4.94. The van der Waals surface area contributed by atoms with E-state index in [0.717, 1.165) is 5.69 Å². The van der Waals surface area contributed by atoms with E-state index in [1.807, 2.05) is 19.1 Å². The van der Waals surface area contributed by atoms with Gasteiger partial charge in [0, 0.05) is 11.8 Å². The van der Waals surface area contributed by atoms with E-state index in [9.17, 15) is 0 Å². The average molecular weight is 245 g/mol. The number of hydrogen-bond acceptors (Lipinski definition) is 4. The van der Waals surface area contributed by atoms with Crippen molar-refractivity contribution in [1.82, 2.24) is 9.97 Å². The Morgan fingerprint density at radius 3 is 2.76 bits per heavy atom. The molecule has 0 atom stereocenters. The van der Waals surface area contributed by atoms with Gasteiger partial charge in [0.1, 0.15) is 12.1 Å². The number of benzene rings is 1. The molecule has 2 aromatic rings. The first kappa shape index (κ1) is 11.4. The lowest BCUT2D eigenvalue weighted by Crippen LogP contribution is -1.96. The maximum atomic E-state index is 8.73. The van der Waals surface area contributed by atoms with Gasteiger partial charge in [-0.3, -0.25) is 0 Å². The molecule has 0 saturated carbocycles. The van der Waals surface area contributed by atoms with Crippen molar-refractivity contribution in [2.24, 2.45) is 0 Å². The molecule has 84 valence electrons. The summed E-state index contributed by atoms with van der Waals surface area (Å²) < 4.78 is 0. The van der Waals surface area contributed by atoms with Gasteiger partial charge in [0.15, 0.2) is 0 Å². The molecular weight excluding hydrogens is 236 g/mol. The van der Waals surface area contributed by atoms with Gasteiger partial charge < -0.3 is 5.32 Å². The molecule has 0 unspecified atom stereocenters. The number of nitrogens with one attached hydrogen (secondary N) is 1. The summed E-state index contributed by atoms with van der Waals surface area (Å²) in [5, 5.41) is 12.3. The van der Waals surface area contributed by atoms with Gasteiger partial charge in [-0.15, -0.1) is 0 Å². The molecule has 2 rings (SSSR count). The highest BCUT2D eigenvalue weighted by Crippen LogP contribution is 2.25. The lowest BCUT2D eigenvalue weighted by atomic mass is 10.2. The lowest BCUT2D eigenvalue weighted by Gasteiger charge is -2.07. The van der Waals surface area contributed by atoms with Gasteiger partial charge in [-0.1, -0.05) is 11.6 Å². The summed E-state index contributed by atoms with van der Waals surface area (Å²) in [5.41, 5.74) is 2.11. The topological polar surface area (TPSA) is 61.6 Å². The van der Waals surface area contributed by atoms with Crippen molar-refractivity contribution in [1.29, 1.82) is 5.26 Å². The van der Waals surface area contributed by atoms with E-state index in [-0.39, 0.29) is 0 Å². The highest BCUT2D eigenvalue weighted by atomic mass is 35.5. The monoisotopic (exact) mass is 244 g/mol. The van der Waals surface area contributed by atoms with Crippen molar-refractivity contribution in [2.75, 3.05) is 5.32 Å². The van der Waals surface area contributed by atoms with E-state index in [2.05, 4.69) is 15.3 Å². The molecule has 1 N–H and O–H groups in total. The third-order valence-electron chi connectivity index (χ3n) is 2.16. The molecule has 1 aromatic carbocycles. The fourth-order valence-electron chi connectivity index (χ4n) is 1.35. The van der Waals surface area contributed by atoms with E-state index in [0.29, 0.717) is 22.1 Å². The third kappa shape index (κ3) is 2.71. The van der Waals surface area contributed by atoms with Gasteiger partial charge in [0.2, 0.25) is 0 Å². The van der Waals surface area contributed by atoms with Crippen molar-refractivity contribution in [3.8, 4) is 6.07 Å². The van der Waals surface area contributed by atoms with E-state index >= 15 is 0 Å². The normalized spacial score (nSPS) is 9.71. The molecule has 0 saturated heterocycles. The first-order valence-corrected chi connectivity index (χ1v) is 5.32. The van der Waals surface area contributed by atoms with Crippen LogP contribution in [0.5, 0.6) is 0 Å². The van der Waals surface area contributed by atoms with E-state index in [1.165, 1.54) is 6.33 Å². The zero-order valence-corrected chi connectivity index (χ0v) is 9.86. The molecule has 0 amide bonds.